The van der Waals surface area contributed by atoms with Gasteiger partial charge in [0.1, 0.15) is 10.8 Å². The molecular formula is C19H18Cl2N4O. The molecule has 0 aliphatic carbocycles. The van der Waals surface area contributed by atoms with E-state index in [1.54, 1.807) is 24.1 Å². The minimum atomic E-state index is -0.243. The van der Waals surface area contributed by atoms with Crippen LogP contribution in [0.3, 0.4) is 0 Å². The van der Waals surface area contributed by atoms with Gasteiger partial charge in [0, 0.05) is 24.8 Å². The molecule has 0 aliphatic rings. The number of aromatic nitrogens is 3. The Morgan fingerprint density at radius 2 is 1.92 bits per heavy atom. The smallest absolute Gasteiger partial charge is 0.273 e. The third-order valence-corrected chi connectivity index (χ3v) is 4.52. The van der Waals surface area contributed by atoms with Crippen molar-refractivity contribution in [2.24, 2.45) is 0 Å². The molecule has 0 spiro atoms. The second-order valence-corrected chi connectivity index (χ2v) is 6.73. The number of pyridine rings is 1. The van der Waals surface area contributed by atoms with Crippen molar-refractivity contribution in [2.75, 3.05) is 13.6 Å². The lowest BCUT2D eigenvalue weighted by molar-refractivity contribution is 0.0788. The zero-order valence-electron chi connectivity index (χ0n) is 14.2. The van der Waals surface area contributed by atoms with Gasteiger partial charge in [-0.15, -0.1) is 0 Å². The van der Waals surface area contributed by atoms with E-state index in [0.29, 0.717) is 11.6 Å². The Balaban J connectivity index is 1.55. The first-order valence-electron chi connectivity index (χ1n) is 8.22. The first-order chi connectivity index (χ1) is 12.5. The summed E-state index contributed by atoms with van der Waals surface area (Å²) in [6, 6.07) is 15.2. The van der Waals surface area contributed by atoms with Gasteiger partial charge in [-0.2, -0.15) is 5.10 Å². The predicted octanol–water partition coefficient (Wildman–Crippen LogP) is 4.48. The molecule has 26 heavy (non-hydrogen) atoms. The molecule has 7 heteroatoms. The van der Waals surface area contributed by atoms with Crippen LogP contribution >= 0.6 is 23.2 Å². The Morgan fingerprint density at radius 3 is 2.69 bits per heavy atom. The number of nitrogens with one attached hydrogen (secondary N) is 1. The molecule has 134 valence electrons. The third-order valence-electron chi connectivity index (χ3n) is 4.00. The van der Waals surface area contributed by atoms with Gasteiger partial charge in [0.25, 0.3) is 5.91 Å². The molecule has 2 aromatic heterocycles. The monoisotopic (exact) mass is 388 g/mol. The normalized spacial score (nSPS) is 10.7. The SMILES string of the molecule is CN(CCCc1cc(-c2ccccc2)n[nH]1)C(=O)c1nc(Cl)ccc1Cl. The van der Waals surface area contributed by atoms with Crippen molar-refractivity contribution < 1.29 is 4.79 Å². The first-order valence-corrected chi connectivity index (χ1v) is 8.97. The minimum Gasteiger partial charge on any atom is -0.340 e. The highest BCUT2D eigenvalue weighted by Gasteiger charge is 2.17. The van der Waals surface area contributed by atoms with Gasteiger partial charge in [0.05, 0.1) is 10.7 Å². The van der Waals surface area contributed by atoms with Crippen molar-refractivity contribution in [3.8, 4) is 11.3 Å². The summed E-state index contributed by atoms with van der Waals surface area (Å²) in [4.78, 5) is 18.1. The van der Waals surface area contributed by atoms with E-state index in [2.05, 4.69) is 15.2 Å². The van der Waals surface area contributed by atoms with Crippen LogP contribution in [0.1, 0.15) is 22.6 Å². The molecule has 0 saturated carbocycles. The van der Waals surface area contributed by atoms with E-state index >= 15 is 0 Å². The van der Waals surface area contributed by atoms with Crippen LogP contribution in [0.4, 0.5) is 0 Å². The van der Waals surface area contributed by atoms with Gasteiger partial charge >= 0.3 is 0 Å². The Kier molecular flexibility index (Phi) is 5.91. The zero-order valence-corrected chi connectivity index (χ0v) is 15.8. The highest BCUT2D eigenvalue weighted by Crippen LogP contribution is 2.19. The third kappa shape index (κ3) is 4.42. The van der Waals surface area contributed by atoms with Crippen LogP contribution in [0.15, 0.2) is 48.5 Å². The van der Waals surface area contributed by atoms with E-state index in [1.807, 2.05) is 36.4 Å². The van der Waals surface area contributed by atoms with E-state index < -0.39 is 0 Å². The van der Waals surface area contributed by atoms with Crippen LogP contribution in [0.2, 0.25) is 10.2 Å². The number of amides is 1. The number of H-pyrrole nitrogens is 1. The van der Waals surface area contributed by atoms with Crippen molar-refractivity contribution in [1.82, 2.24) is 20.1 Å². The molecule has 0 saturated heterocycles. The standard InChI is InChI=1S/C19H18Cl2N4O/c1-25(19(26)18-15(20)9-10-17(21)22-18)11-5-8-14-12-16(24-23-14)13-6-3-2-4-7-13/h2-4,6-7,9-10,12H,5,8,11H2,1H3,(H,23,24). The van der Waals surface area contributed by atoms with Crippen LogP contribution < -0.4 is 0 Å². The summed E-state index contributed by atoms with van der Waals surface area (Å²) in [5.74, 6) is -0.243. The fourth-order valence-corrected chi connectivity index (χ4v) is 2.94. The lowest BCUT2D eigenvalue weighted by Gasteiger charge is -2.17. The van der Waals surface area contributed by atoms with E-state index in [4.69, 9.17) is 23.2 Å². The number of halogens is 2. The van der Waals surface area contributed by atoms with E-state index in [-0.39, 0.29) is 16.8 Å². The van der Waals surface area contributed by atoms with Gasteiger partial charge in [0.2, 0.25) is 0 Å². The summed E-state index contributed by atoms with van der Waals surface area (Å²) >= 11 is 11.9. The Morgan fingerprint density at radius 1 is 1.15 bits per heavy atom. The van der Waals surface area contributed by atoms with Gasteiger partial charge in [0.15, 0.2) is 0 Å². The zero-order chi connectivity index (χ0) is 18.5. The van der Waals surface area contributed by atoms with E-state index in [0.717, 1.165) is 29.8 Å². The number of benzene rings is 1. The average Bonchev–Trinajstić information content (AvgIpc) is 3.12. The number of hydrogen-bond acceptors (Lipinski definition) is 3. The molecule has 0 unspecified atom stereocenters. The highest BCUT2D eigenvalue weighted by atomic mass is 35.5. The number of aromatic amines is 1. The number of aryl methyl sites for hydroxylation is 1. The molecule has 1 N–H and O–H groups in total. The fraction of sp³-hybridized carbons (Fsp3) is 0.211. The van der Waals surface area contributed by atoms with Gasteiger partial charge in [-0.3, -0.25) is 9.89 Å². The lowest BCUT2D eigenvalue weighted by Crippen LogP contribution is -2.29. The molecule has 0 fully saturated rings. The first kappa shape index (κ1) is 18.4. The Labute approximate surface area is 162 Å². The minimum absolute atomic E-state index is 0.176. The van der Waals surface area contributed by atoms with Gasteiger partial charge in [-0.05, 0) is 31.0 Å². The highest BCUT2D eigenvalue weighted by molar-refractivity contribution is 6.34. The number of carbonyl (C=O) groups is 1. The molecule has 3 aromatic rings. The Hall–Kier alpha value is -2.37. The topological polar surface area (TPSA) is 61.9 Å². The largest absolute Gasteiger partial charge is 0.340 e. The van der Waals surface area contributed by atoms with E-state index in [1.165, 1.54) is 0 Å². The molecule has 1 amide bonds. The molecule has 0 atom stereocenters. The van der Waals surface area contributed by atoms with Crippen molar-refractivity contribution >= 4 is 29.1 Å². The maximum absolute atomic E-state index is 12.4. The predicted molar refractivity (Wildman–Crippen MR) is 104 cm³/mol. The number of carbonyl (C=O) groups excluding carboxylic acids is 1. The van der Waals surface area contributed by atoms with Crippen molar-refractivity contribution in [3.63, 3.8) is 0 Å². The molecular weight excluding hydrogens is 371 g/mol. The summed E-state index contributed by atoms with van der Waals surface area (Å²) in [5.41, 5.74) is 3.20. The second kappa shape index (κ2) is 8.34. The molecule has 2 heterocycles. The molecule has 0 radical (unpaired) electrons. The maximum Gasteiger partial charge on any atom is 0.273 e. The summed E-state index contributed by atoms with van der Waals surface area (Å²) in [6.07, 6.45) is 1.57. The lowest BCUT2D eigenvalue weighted by atomic mass is 10.1. The molecule has 0 bridgehead atoms. The van der Waals surface area contributed by atoms with Crippen molar-refractivity contribution in [1.29, 1.82) is 0 Å². The summed E-state index contributed by atoms with van der Waals surface area (Å²) in [5, 5.41) is 7.94. The quantitative estimate of drug-likeness (QED) is 0.633. The molecule has 3 rings (SSSR count). The summed E-state index contributed by atoms with van der Waals surface area (Å²) in [7, 11) is 1.73. The van der Waals surface area contributed by atoms with Crippen molar-refractivity contribution in [2.45, 2.75) is 12.8 Å². The van der Waals surface area contributed by atoms with Crippen LogP contribution in [-0.4, -0.2) is 39.6 Å². The van der Waals surface area contributed by atoms with Crippen LogP contribution in [0, 0.1) is 0 Å². The summed E-state index contributed by atoms with van der Waals surface area (Å²) in [6.45, 7) is 0.572. The number of hydrogen-bond donors (Lipinski definition) is 1. The Bertz CT molecular complexity index is 896. The average molecular weight is 389 g/mol. The summed E-state index contributed by atoms with van der Waals surface area (Å²) < 4.78 is 0. The molecule has 5 nitrogen and oxygen atoms in total. The fourth-order valence-electron chi connectivity index (χ4n) is 2.60. The molecule has 1 aromatic carbocycles. The van der Waals surface area contributed by atoms with E-state index in [9.17, 15) is 4.79 Å². The van der Waals surface area contributed by atoms with Gasteiger partial charge < -0.3 is 4.90 Å². The van der Waals surface area contributed by atoms with Gasteiger partial charge in [-0.1, -0.05) is 53.5 Å². The molecule has 0 aliphatic heterocycles. The van der Waals surface area contributed by atoms with Crippen LogP contribution in [-0.2, 0) is 6.42 Å². The van der Waals surface area contributed by atoms with Crippen LogP contribution in [0.5, 0.6) is 0 Å². The number of nitrogens with zero attached hydrogens (tertiary/aromatic N) is 3. The van der Waals surface area contributed by atoms with Gasteiger partial charge in [-0.25, -0.2) is 4.98 Å². The second-order valence-electron chi connectivity index (χ2n) is 5.94. The van der Waals surface area contributed by atoms with Crippen LogP contribution in [0.25, 0.3) is 11.3 Å². The maximum atomic E-state index is 12.4. The van der Waals surface area contributed by atoms with Crippen molar-refractivity contribution in [3.05, 3.63) is 70.1 Å². The number of rotatable bonds is 6.